The first kappa shape index (κ1) is 11.7. The van der Waals surface area contributed by atoms with Crippen molar-refractivity contribution in [3.05, 3.63) is 46.9 Å². The van der Waals surface area contributed by atoms with Gasteiger partial charge in [0.2, 0.25) is 0 Å². The van der Waals surface area contributed by atoms with Crippen LogP contribution < -0.4 is 10.5 Å². The number of nitrogen functional groups attached to an aromatic ring is 1. The molecule has 2 rings (SSSR count). The Morgan fingerprint density at radius 2 is 2.12 bits per heavy atom. The van der Waals surface area contributed by atoms with Gasteiger partial charge in [-0.3, -0.25) is 0 Å². The quantitative estimate of drug-likeness (QED) is 0.832. The van der Waals surface area contributed by atoms with Crippen LogP contribution in [0.2, 0.25) is 5.02 Å². The lowest BCUT2D eigenvalue weighted by Crippen LogP contribution is -1.95. The van der Waals surface area contributed by atoms with Crippen LogP contribution in [0.15, 0.2) is 30.5 Å². The first-order valence-electron chi connectivity index (χ1n) is 4.91. The number of hydrogen-bond donors (Lipinski definition) is 1. The topological polar surface area (TPSA) is 48.1 Å². The van der Waals surface area contributed by atoms with Crippen LogP contribution in [0.1, 0.15) is 5.56 Å². The van der Waals surface area contributed by atoms with Gasteiger partial charge in [-0.15, -0.1) is 0 Å². The van der Waals surface area contributed by atoms with Gasteiger partial charge in [0.05, 0.1) is 5.02 Å². The molecule has 0 fully saturated rings. The summed E-state index contributed by atoms with van der Waals surface area (Å²) in [5.74, 6) is -0.263. The van der Waals surface area contributed by atoms with Gasteiger partial charge in [0.25, 0.3) is 5.88 Å². The number of rotatable bonds is 2. The van der Waals surface area contributed by atoms with Crippen molar-refractivity contribution >= 4 is 17.3 Å². The maximum Gasteiger partial charge on any atom is 0.255 e. The van der Waals surface area contributed by atoms with Crippen molar-refractivity contribution in [1.82, 2.24) is 4.98 Å². The van der Waals surface area contributed by atoms with Gasteiger partial charge >= 0.3 is 0 Å². The highest BCUT2D eigenvalue weighted by Crippen LogP contribution is 2.28. The van der Waals surface area contributed by atoms with Crippen LogP contribution in [0.5, 0.6) is 11.6 Å². The van der Waals surface area contributed by atoms with E-state index >= 15 is 0 Å². The van der Waals surface area contributed by atoms with E-state index in [2.05, 4.69) is 4.98 Å². The van der Waals surface area contributed by atoms with Crippen molar-refractivity contribution in [3.8, 4) is 11.6 Å². The molecule has 0 unspecified atom stereocenters. The zero-order valence-electron chi connectivity index (χ0n) is 9.08. The van der Waals surface area contributed by atoms with E-state index in [1.165, 1.54) is 6.20 Å². The van der Waals surface area contributed by atoms with Gasteiger partial charge < -0.3 is 10.5 Å². The van der Waals surface area contributed by atoms with Crippen LogP contribution in [0.4, 0.5) is 10.1 Å². The number of benzene rings is 1. The van der Waals surface area contributed by atoms with E-state index in [4.69, 9.17) is 22.1 Å². The number of halogens is 2. The Hall–Kier alpha value is -1.81. The normalized spacial score (nSPS) is 10.3. The standard InChI is InChI=1S/C12H10ClFN2O/c1-7-2-3-9(15)5-11(7)17-12-10(14)4-8(13)6-16-12/h2-6H,15H2,1H3. The van der Waals surface area contributed by atoms with E-state index in [1.807, 2.05) is 6.92 Å². The molecule has 0 aliphatic heterocycles. The molecule has 5 heteroatoms. The van der Waals surface area contributed by atoms with E-state index in [-0.39, 0.29) is 10.9 Å². The van der Waals surface area contributed by atoms with Crippen LogP contribution in [0.3, 0.4) is 0 Å². The fourth-order valence-electron chi connectivity index (χ4n) is 1.31. The lowest BCUT2D eigenvalue weighted by molar-refractivity contribution is 0.420. The van der Waals surface area contributed by atoms with Gasteiger partial charge in [-0.05, 0) is 24.6 Å². The van der Waals surface area contributed by atoms with Gasteiger partial charge in [0.15, 0.2) is 5.82 Å². The first-order valence-corrected chi connectivity index (χ1v) is 5.29. The summed E-state index contributed by atoms with van der Waals surface area (Å²) in [4.78, 5) is 3.77. The summed E-state index contributed by atoms with van der Waals surface area (Å²) in [5.41, 5.74) is 7.01. The monoisotopic (exact) mass is 252 g/mol. The Morgan fingerprint density at radius 3 is 2.82 bits per heavy atom. The smallest absolute Gasteiger partial charge is 0.255 e. The summed E-state index contributed by atoms with van der Waals surface area (Å²) in [6.07, 6.45) is 1.32. The molecule has 0 spiro atoms. The van der Waals surface area contributed by atoms with Crippen LogP contribution in [0, 0.1) is 12.7 Å². The summed E-state index contributed by atoms with van der Waals surface area (Å²) < 4.78 is 18.8. The van der Waals surface area contributed by atoms with E-state index in [9.17, 15) is 4.39 Å². The maximum absolute atomic E-state index is 13.5. The van der Waals surface area contributed by atoms with Crippen molar-refractivity contribution in [3.63, 3.8) is 0 Å². The largest absolute Gasteiger partial charge is 0.436 e. The number of pyridine rings is 1. The summed E-state index contributed by atoms with van der Waals surface area (Å²) >= 11 is 5.60. The predicted octanol–water partition coefficient (Wildman–Crippen LogP) is 3.56. The second-order valence-corrected chi connectivity index (χ2v) is 4.00. The number of anilines is 1. The minimum atomic E-state index is -0.612. The van der Waals surface area contributed by atoms with Crippen LogP contribution in [-0.4, -0.2) is 4.98 Å². The third kappa shape index (κ3) is 2.65. The van der Waals surface area contributed by atoms with Gasteiger partial charge in [-0.2, -0.15) is 0 Å². The van der Waals surface area contributed by atoms with Crippen LogP contribution in [0.25, 0.3) is 0 Å². The van der Waals surface area contributed by atoms with E-state index in [0.717, 1.165) is 11.6 Å². The molecule has 0 aliphatic rings. The molecule has 0 atom stereocenters. The fraction of sp³-hybridized carbons (Fsp3) is 0.0833. The minimum absolute atomic E-state index is 0.122. The number of aromatic nitrogens is 1. The van der Waals surface area contributed by atoms with E-state index in [1.54, 1.807) is 18.2 Å². The molecule has 2 N–H and O–H groups in total. The molecule has 2 aromatic rings. The highest BCUT2D eigenvalue weighted by Gasteiger charge is 2.09. The highest BCUT2D eigenvalue weighted by atomic mass is 35.5. The molecule has 0 radical (unpaired) electrons. The Bertz CT molecular complexity index is 560. The molecule has 88 valence electrons. The average Bonchev–Trinajstić information content (AvgIpc) is 2.27. The number of aryl methyl sites for hydroxylation is 1. The molecular weight excluding hydrogens is 243 g/mol. The molecular formula is C12H10ClFN2O. The molecule has 0 saturated carbocycles. The number of ether oxygens (including phenoxy) is 1. The highest BCUT2D eigenvalue weighted by molar-refractivity contribution is 6.30. The van der Waals surface area contributed by atoms with Gasteiger partial charge in [0.1, 0.15) is 5.75 Å². The maximum atomic E-state index is 13.5. The van der Waals surface area contributed by atoms with Crippen LogP contribution in [-0.2, 0) is 0 Å². The fourth-order valence-corrected chi connectivity index (χ4v) is 1.45. The summed E-state index contributed by atoms with van der Waals surface area (Å²) in [7, 11) is 0. The summed E-state index contributed by atoms with van der Waals surface area (Å²) in [6.45, 7) is 1.84. The predicted molar refractivity (Wildman–Crippen MR) is 64.9 cm³/mol. The van der Waals surface area contributed by atoms with Gasteiger partial charge in [-0.25, -0.2) is 9.37 Å². The molecule has 0 aliphatic carbocycles. The molecule has 0 amide bonds. The first-order chi connectivity index (χ1) is 8.06. The third-order valence-electron chi connectivity index (χ3n) is 2.19. The Balaban J connectivity index is 2.34. The van der Waals surface area contributed by atoms with Gasteiger partial charge in [0, 0.05) is 18.0 Å². The molecule has 1 heterocycles. The second kappa shape index (κ2) is 4.59. The summed E-state index contributed by atoms with van der Waals surface area (Å²) in [6, 6.07) is 6.29. The van der Waals surface area contributed by atoms with Crippen molar-refractivity contribution in [2.75, 3.05) is 5.73 Å². The summed E-state index contributed by atoms with van der Waals surface area (Å²) in [5, 5.41) is 0.221. The third-order valence-corrected chi connectivity index (χ3v) is 2.40. The Kier molecular flexibility index (Phi) is 3.15. The van der Waals surface area contributed by atoms with Crippen molar-refractivity contribution in [2.24, 2.45) is 0 Å². The molecule has 3 nitrogen and oxygen atoms in total. The molecule has 17 heavy (non-hydrogen) atoms. The Labute approximate surface area is 103 Å². The molecule has 0 saturated heterocycles. The number of hydrogen-bond acceptors (Lipinski definition) is 3. The molecule has 1 aromatic carbocycles. The average molecular weight is 253 g/mol. The van der Waals surface area contributed by atoms with E-state index < -0.39 is 5.82 Å². The van der Waals surface area contributed by atoms with Crippen LogP contribution >= 0.6 is 11.6 Å². The SMILES string of the molecule is Cc1ccc(N)cc1Oc1ncc(Cl)cc1F. The zero-order chi connectivity index (χ0) is 12.4. The van der Waals surface area contributed by atoms with Gasteiger partial charge in [-0.1, -0.05) is 17.7 Å². The molecule has 1 aromatic heterocycles. The molecule has 0 bridgehead atoms. The van der Waals surface area contributed by atoms with Crippen molar-refractivity contribution in [2.45, 2.75) is 6.92 Å². The number of nitrogens with two attached hydrogens (primary N) is 1. The van der Waals surface area contributed by atoms with Crippen molar-refractivity contribution < 1.29 is 9.13 Å². The van der Waals surface area contributed by atoms with Crippen molar-refractivity contribution in [1.29, 1.82) is 0 Å². The Morgan fingerprint density at radius 1 is 1.35 bits per heavy atom. The minimum Gasteiger partial charge on any atom is -0.436 e. The lowest BCUT2D eigenvalue weighted by Gasteiger charge is -2.09. The number of nitrogens with zero attached hydrogens (tertiary/aromatic N) is 1. The second-order valence-electron chi connectivity index (χ2n) is 3.57. The lowest BCUT2D eigenvalue weighted by atomic mass is 10.2. The zero-order valence-corrected chi connectivity index (χ0v) is 9.83. The van der Waals surface area contributed by atoms with E-state index in [0.29, 0.717) is 11.4 Å².